The Hall–Kier alpha value is -0.830. The molecule has 0 spiro atoms. The Balaban J connectivity index is 1.92. The third-order valence-electron chi connectivity index (χ3n) is 4.09. The van der Waals surface area contributed by atoms with Crippen LogP contribution >= 0.6 is 0 Å². The molecule has 0 bridgehead atoms. The predicted octanol–water partition coefficient (Wildman–Crippen LogP) is 2.33. The molecule has 2 rings (SSSR count). The largest absolute Gasteiger partial charge is 0.337 e. The number of hydrogen-bond donors (Lipinski definition) is 1. The van der Waals surface area contributed by atoms with Gasteiger partial charge in [-0.1, -0.05) is 38.8 Å². The van der Waals surface area contributed by atoms with E-state index in [0.717, 1.165) is 32.5 Å². The number of piperidine rings is 1. The van der Waals surface area contributed by atoms with Gasteiger partial charge < -0.3 is 10.2 Å². The number of rotatable bonds is 1. The maximum atomic E-state index is 12.3. The van der Waals surface area contributed by atoms with Gasteiger partial charge in [0.15, 0.2) is 0 Å². The normalized spacial score (nSPS) is 25.8. The Morgan fingerprint density at radius 2 is 2.17 bits per heavy atom. The number of hydrogen-bond acceptors (Lipinski definition) is 2. The van der Waals surface area contributed by atoms with Crippen molar-refractivity contribution in [2.75, 3.05) is 19.6 Å². The molecule has 0 aromatic heterocycles. The first-order valence-electron chi connectivity index (χ1n) is 7.20. The van der Waals surface area contributed by atoms with Crippen molar-refractivity contribution in [3.05, 3.63) is 11.6 Å². The highest BCUT2D eigenvalue weighted by atomic mass is 16.2. The third kappa shape index (κ3) is 3.14. The molecule has 0 aromatic carbocycles. The molecule has 1 fully saturated rings. The van der Waals surface area contributed by atoms with Gasteiger partial charge in [-0.25, -0.2) is 0 Å². The molecular weight excluding hydrogens is 224 g/mol. The van der Waals surface area contributed by atoms with Gasteiger partial charge in [0.1, 0.15) is 0 Å². The van der Waals surface area contributed by atoms with Crippen LogP contribution in [0.2, 0.25) is 0 Å². The zero-order valence-electron chi connectivity index (χ0n) is 12.0. The molecule has 3 heteroatoms. The molecule has 3 nitrogen and oxygen atoms in total. The molecule has 0 aromatic rings. The van der Waals surface area contributed by atoms with Crippen LogP contribution in [0.15, 0.2) is 11.6 Å². The molecule has 2 aliphatic rings. The Kier molecular flexibility index (Phi) is 4.10. The van der Waals surface area contributed by atoms with E-state index in [1.54, 1.807) is 0 Å². The summed E-state index contributed by atoms with van der Waals surface area (Å²) < 4.78 is 0. The minimum atomic E-state index is 0.0725. The lowest BCUT2D eigenvalue weighted by Gasteiger charge is -2.35. The summed E-state index contributed by atoms with van der Waals surface area (Å²) in [4.78, 5) is 14.4. The lowest BCUT2D eigenvalue weighted by atomic mass is 9.83. The molecule has 18 heavy (non-hydrogen) atoms. The van der Waals surface area contributed by atoms with Crippen LogP contribution < -0.4 is 5.32 Å². The molecule has 2 aliphatic heterocycles. The SMILES string of the molecule is CC(C)(C)C1=CCN(C(=O)[C@H]2CCCCN2)CC1. The predicted molar refractivity (Wildman–Crippen MR) is 74.4 cm³/mol. The standard InChI is InChI=1S/C15H26N2O/c1-15(2,3)12-7-10-17(11-8-12)14(18)13-6-4-5-9-16-13/h7,13,16H,4-6,8-11H2,1-3H3/t13-/m1/s1. The Labute approximate surface area is 111 Å². The molecule has 0 saturated carbocycles. The molecule has 0 radical (unpaired) electrons. The van der Waals surface area contributed by atoms with E-state index in [1.807, 2.05) is 4.90 Å². The lowest BCUT2D eigenvalue weighted by Crippen LogP contribution is -2.49. The van der Waals surface area contributed by atoms with E-state index in [2.05, 4.69) is 32.2 Å². The van der Waals surface area contributed by atoms with Crippen molar-refractivity contribution in [3.63, 3.8) is 0 Å². The van der Waals surface area contributed by atoms with Gasteiger partial charge in [0, 0.05) is 13.1 Å². The van der Waals surface area contributed by atoms with E-state index < -0.39 is 0 Å². The zero-order valence-corrected chi connectivity index (χ0v) is 12.0. The minimum absolute atomic E-state index is 0.0725. The number of nitrogens with zero attached hydrogens (tertiary/aromatic N) is 1. The maximum Gasteiger partial charge on any atom is 0.239 e. The van der Waals surface area contributed by atoms with E-state index in [9.17, 15) is 4.79 Å². The van der Waals surface area contributed by atoms with Crippen molar-refractivity contribution < 1.29 is 4.79 Å². The highest BCUT2D eigenvalue weighted by Crippen LogP contribution is 2.30. The number of amides is 1. The average molecular weight is 250 g/mol. The number of carbonyl (C=O) groups is 1. The molecular formula is C15H26N2O. The minimum Gasteiger partial charge on any atom is -0.337 e. The van der Waals surface area contributed by atoms with Crippen molar-refractivity contribution in [3.8, 4) is 0 Å². The fraction of sp³-hybridized carbons (Fsp3) is 0.800. The first-order chi connectivity index (χ1) is 8.48. The molecule has 2 heterocycles. The molecule has 1 atom stereocenters. The first kappa shape index (κ1) is 13.6. The van der Waals surface area contributed by atoms with Crippen LogP contribution in [0.25, 0.3) is 0 Å². The van der Waals surface area contributed by atoms with Gasteiger partial charge in [0.25, 0.3) is 0 Å². The number of nitrogens with one attached hydrogen (secondary N) is 1. The van der Waals surface area contributed by atoms with Crippen LogP contribution in [-0.4, -0.2) is 36.5 Å². The summed E-state index contributed by atoms with van der Waals surface area (Å²) >= 11 is 0. The summed E-state index contributed by atoms with van der Waals surface area (Å²) in [6, 6.07) is 0.0725. The Morgan fingerprint density at radius 1 is 1.39 bits per heavy atom. The zero-order chi connectivity index (χ0) is 13.2. The van der Waals surface area contributed by atoms with Crippen molar-refractivity contribution in [1.29, 1.82) is 0 Å². The summed E-state index contributed by atoms with van der Waals surface area (Å²) in [7, 11) is 0. The van der Waals surface area contributed by atoms with Crippen LogP contribution in [0, 0.1) is 5.41 Å². The summed E-state index contributed by atoms with van der Waals surface area (Å²) in [6.07, 6.45) is 6.68. The average Bonchev–Trinajstić information content (AvgIpc) is 2.38. The Morgan fingerprint density at radius 3 is 2.67 bits per heavy atom. The van der Waals surface area contributed by atoms with Gasteiger partial charge in [0.2, 0.25) is 5.91 Å². The van der Waals surface area contributed by atoms with Gasteiger partial charge in [-0.3, -0.25) is 4.79 Å². The fourth-order valence-electron chi connectivity index (χ4n) is 2.83. The summed E-state index contributed by atoms with van der Waals surface area (Å²) in [6.45, 7) is 9.42. The Bertz CT molecular complexity index is 335. The highest BCUT2D eigenvalue weighted by molar-refractivity contribution is 5.82. The topological polar surface area (TPSA) is 32.3 Å². The molecule has 1 saturated heterocycles. The van der Waals surface area contributed by atoms with Crippen molar-refractivity contribution >= 4 is 5.91 Å². The van der Waals surface area contributed by atoms with Gasteiger partial charge >= 0.3 is 0 Å². The van der Waals surface area contributed by atoms with Gasteiger partial charge in [-0.2, -0.15) is 0 Å². The monoisotopic (exact) mass is 250 g/mol. The van der Waals surface area contributed by atoms with E-state index >= 15 is 0 Å². The first-order valence-corrected chi connectivity index (χ1v) is 7.20. The third-order valence-corrected chi connectivity index (χ3v) is 4.09. The van der Waals surface area contributed by atoms with E-state index in [1.165, 1.54) is 18.4 Å². The van der Waals surface area contributed by atoms with Gasteiger partial charge in [-0.15, -0.1) is 0 Å². The van der Waals surface area contributed by atoms with Gasteiger partial charge in [-0.05, 0) is 31.2 Å². The second-order valence-electron chi connectivity index (χ2n) is 6.52. The summed E-state index contributed by atoms with van der Waals surface area (Å²) in [5.41, 5.74) is 1.74. The second-order valence-corrected chi connectivity index (χ2v) is 6.52. The molecule has 1 N–H and O–H groups in total. The molecule has 0 aliphatic carbocycles. The van der Waals surface area contributed by atoms with E-state index in [0.29, 0.717) is 5.91 Å². The van der Waals surface area contributed by atoms with Crippen LogP contribution in [0.3, 0.4) is 0 Å². The summed E-state index contributed by atoms with van der Waals surface area (Å²) in [5, 5.41) is 3.35. The summed E-state index contributed by atoms with van der Waals surface area (Å²) in [5.74, 6) is 0.305. The number of carbonyl (C=O) groups excluding carboxylic acids is 1. The maximum absolute atomic E-state index is 12.3. The van der Waals surface area contributed by atoms with Gasteiger partial charge in [0.05, 0.1) is 6.04 Å². The van der Waals surface area contributed by atoms with Crippen LogP contribution in [0.1, 0.15) is 46.5 Å². The van der Waals surface area contributed by atoms with Crippen molar-refractivity contribution in [2.24, 2.45) is 5.41 Å². The van der Waals surface area contributed by atoms with Crippen LogP contribution in [0.5, 0.6) is 0 Å². The lowest BCUT2D eigenvalue weighted by molar-refractivity contribution is -0.133. The van der Waals surface area contributed by atoms with Crippen molar-refractivity contribution in [1.82, 2.24) is 10.2 Å². The van der Waals surface area contributed by atoms with Crippen molar-refractivity contribution in [2.45, 2.75) is 52.5 Å². The second kappa shape index (κ2) is 5.43. The highest BCUT2D eigenvalue weighted by Gasteiger charge is 2.28. The van der Waals surface area contributed by atoms with Crippen LogP contribution in [0.4, 0.5) is 0 Å². The molecule has 0 unspecified atom stereocenters. The van der Waals surface area contributed by atoms with E-state index in [4.69, 9.17) is 0 Å². The molecule has 1 amide bonds. The van der Waals surface area contributed by atoms with Crippen LogP contribution in [-0.2, 0) is 4.79 Å². The molecule has 102 valence electrons. The quantitative estimate of drug-likeness (QED) is 0.724. The van der Waals surface area contributed by atoms with E-state index in [-0.39, 0.29) is 11.5 Å². The smallest absolute Gasteiger partial charge is 0.239 e. The fourth-order valence-corrected chi connectivity index (χ4v) is 2.83.